The summed E-state index contributed by atoms with van der Waals surface area (Å²) >= 11 is 1.65. The molecule has 0 amide bonds. The number of nitrogens with zero attached hydrogens (tertiary/aromatic N) is 3. The van der Waals surface area contributed by atoms with E-state index in [1.54, 1.807) is 17.5 Å². The summed E-state index contributed by atoms with van der Waals surface area (Å²) in [5.74, 6) is 1.22. The van der Waals surface area contributed by atoms with Gasteiger partial charge in [-0.1, -0.05) is 11.3 Å². The molecule has 0 unspecified atom stereocenters. The van der Waals surface area contributed by atoms with E-state index in [4.69, 9.17) is 31.3 Å². The minimum Gasteiger partial charge on any atom is -1.00 e. The molecule has 0 spiro atoms. The van der Waals surface area contributed by atoms with Crippen LogP contribution < -0.4 is 22.7 Å². The van der Waals surface area contributed by atoms with E-state index in [2.05, 4.69) is 14.5 Å². The van der Waals surface area contributed by atoms with Gasteiger partial charge in [0.2, 0.25) is 5.51 Å². The highest BCUT2D eigenvalue weighted by molar-refractivity contribution is 7.09. The Morgan fingerprint density at radius 3 is 2.45 bits per heavy atom. The van der Waals surface area contributed by atoms with Gasteiger partial charge in [0.05, 0.1) is 17.0 Å². The lowest BCUT2D eigenvalue weighted by Gasteiger charge is -2.16. The Balaban J connectivity index is 0.000000616. The Kier molecular flexibility index (Phi) is 12.7. The molecule has 0 aliphatic heterocycles. The maximum Gasteiger partial charge on any atom is 0.225 e. The predicted molar refractivity (Wildman–Crippen MR) is 101 cm³/mol. The largest absolute Gasteiger partial charge is 1.00 e. The summed E-state index contributed by atoms with van der Waals surface area (Å²) in [5.41, 5.74) is 10.0. The second kappa shape index (κ2) is 13.5. The first kappa shape index (κ1) is 27.3. The molecule has 29 heavy (non-hydrogen) atoms. The monoisotopic (exact) mass is 450 g/mol. The number of aromatic nitrogens is 3. The van der Waals surface area contributed by atoms with E-state index >= 15 is 0 Å². The van der Waals surface area contributed by atoms with Gasteiger partial charge in [-0.25, -0.2) is 9.97 Å². The number of aliphatic hydroxyl groups is 5. The zero-order chi connectivity index (χ0) is 21.3. The van der Waals surface area contributed by atoms with Gasteiger partial charge in [0, 0.05) is 26.1 Å². The lowest BCUT2D eigenvalue weighted by molar-refractivity contribution is -0.689. The molecule has 2 aromatic rings. The van der Waals surface area contributed by atoms with Gasteiger partial charge < -0.3 is 48.5 Å². The van der Waals surface area contributed by atoms with Crippen molar-refractivity contribution < 1.29 is 47.3 Å². The van der Waals surface area contributed by atoms with Crippen LogP contribution in [-0.4, -0.2) is 73.3 Å². The van der Waals surface area contributed by atoms with Crippen LogP contribution in [0.2, 0.25) is 0 Å². The van der Waals surface area contributed by atoms with Crippen molar-refractivity contribution in [3.63, 3.8) is 0 Å². The number of hydrogen-bond donors (Lipinski definition) is 6. The Bertz CT molecular complexity index is 764. The minimum atomic E-state index is -1.64. The summed E-state index contributed by atoms with van der Waals surface area (Å²) in [4.78, 5) is 19.3. The molecule has 0 aliphatic carbocycles. The van der Waals surface area contributed by atoms with Crippen LogP contribution in [0.25, 0.3) is 0 Å². The molecular formula is C17H27ClN4O6S. The van der Waals surface area contributed by atoms with E-state index in [0.717, 1.165) is 11.3 Å². The standard InChI is InChI=1S/C12H17N4OS.C5H10O5.ClH/c1-8-11(3-4-17)18-7-16(8)6-10-5-14-9(2)15-12(10)13;6-1-3(8)5(10)4(9)2-7;/h5,7,17H,3-4,6H2,1-2H3,(H2,13,14,15);1,3-5,7-10H,2H2;1H/q+1;;/p-1/t;3-,4-,5+;/m.0./s1. The molecule has 7 N–H and O–H groups in total. The maximum absolute atomic E-state index is 9.76. The van der Waals surface area contributed by atoms with Crippen LogP contribution in [-0.2, 0) is 17.8 Å². The lowest BCUT2D eigenvalue weighted by Crippen LogP contribution is -3.00. The van der Waals surface area contributed by atoms with Crippen molar-refractivity contribution in [1.29, 1.82) is 0 Å². The molecule has 12 heteroatoms. The molecule has 0 bridgehead atoms. The highest BCUT2D eigenvalue weighted by Gasteiger charge is 2.23. The summed E-state index contributed by atoms with van der Waals surface area (Å²) in [6, 6.07) is 0. The van der Waals surface area contributed by atoms with E-state index in [1.165, 1.54) is 4.88 Å². The first-order chi connectivity index (χ1) is 13.2. The van der Waals surface area contributed by atoms with Crippen LogP contribution in [0.15, 0.2) is 11.7 Å². The quantitative estimate of drug-likeness (QED) is 0.170. The van der Waals surface area contributed by atoms with E-state index in [1.807, 2.05) is 19.4 Å². The molecule has 0 radical (unpaired) electrons. The Labute approximate surface area is 178 Å². The maximum atomic E-state index is 9.76. The number of rotatable bonds is 8. The van der Waals surface area contributed by atoms with Gasteiger partial charge >= 0.3 is 0 Å². The number of aldehydes is 1. The van der Waals surface area contributed by atoms with E-state index in [9.17, 15) is 4.79 Å². The van der Waals surface area contributed by atoms with Crippen LogP contribution in [0, 0.1) is 13.8 Å². The third-order valence-corrected chi connectivity index (χ3v) is 5.07. The van der Waals surface area contributed by atoms with Crippen LogP contribution in [0.4, 0.5) is 5.82 Å². The van der Waals surface area contributed by atoms with Gasteiger partial charge in [-0.2, -0.15) is 4.57 Å². The average Bonchev–Trinajstić information content (AvgIpc) is 3.02. The highest BCUT2D eigenvalue weighted by Crippen LogP contribution is 2.13. The molecule has 0 saturated heterocycles. The number of anilines is 1. The van der Waals surface area contributed by atoms with Crippen molar-refractivity contribution in [3.05, 3.63) is 33.7 Å². The first-order valence-electron chi connectivity index (χ1n) is 8.50. The Morgan fingerprint density at radius 2 is 1.93 bits per heavy atom. The second-order valence-electron chi connectivity index (χ2n) is 6.03. The summed E-state index contributed by atoms with van der Waals surface area (Å²) < 4.78 is 2.11. The molecule has 2 heterocycles. The van der Waals surface area contributed by atoms with Gasteiger partial charge in [0.1, 0.15) is 30.0 Å². The molecule has 0 aliphatic rings. The summed E-state index contributed by atoms with van der Waals surface area (Å²) in [5, 5.41) is 43.0. The lowest BCUT2D eigenvalue weighted by atomic mass is 10.1. The minimum absolute atomic E-state index is 0. The average molecular weight is 451 g/mol. The smallest absolute Gasteiger partial charge is 0.225 e. The Morgan fingerprint density at radius 1 is 1.28 bits per heavy atom. The van der Waals surface area contributed by atoms with Gasteiger partial charge in [0.25, 0.3) is 0 Å². The van der Waals surface area contributed by atoms with Crippen molar-refractivity contribution >= 4 is 23.4 Å². The normalized spacial score (nSPS) is 13.5. The van der Waals surface area contributed by atoms with Crippen LogP contribution in [0.3, 0.4) is 0 Å². The number of hydrogen-bond acceptors (Lipinski definition) is 10. The second-order valence-corrected chi connectivity index (χ2v) is 6.97. The Hall–Kier alpha value is -1.73. The van der Waals surface area contributed by atoms with E-state index in [-0.39, 0.29) is 25.3 Å². The number of nitrogen functional groups attached to an aromatic ring is 1. The number of carbonyl (C=O) groups is 1. The number of nitrogens with two attached hydrogens (primary N) is 1. The van der Waals surface area contributed by atoms with Gasteiger partial charge in [-0.15, -0.1) is 0 Å². The first-order valence-corrected chi connectivity index (χ1v) is 9.38. The summed E-state index contributed by atoms with van der Waals surface area (Å²) in [6.07, 6.45) is -2.16. The number of thiazole rings is 1. The molecule has 3 atom stereocenters. The third-order valence-electron chi connectivity index (χ3n) is 3.93. The molecular weight excluding hydrogens is 424 g/mol. The van der Waals surface area contributed by atoms with Crippen molar-refractivity contribution in [2.24, 2.45) is 0 Å². The highest BCUT2D eigenvalue weighted by atomic mass is 35.5. The fraction of sp³-hybridized carbons (Fsp3) is 0.529. The fourth-order valence-corrected chi connectivity index (χ4v) is 3.17. The van der Waals surface area contributed by atoms with Gasteiger partial charge in [-0.3, -0.25) is 0 Å². The fourth-order valence-electron chi connectivity index (χ4n) is 2.18. The number of carbonyl (C=O) groups excluding carboxylic acids is 1. The topological polar surface area (TPSA) is 174 Å². The number of aryl methyl sites for hydroxylation is 1. The third kappa shape index (κ3) is 8.26. The summed E-state index contributed by atoms with van der Waals surface area (Å²) in [7, 11) is 0. The predicted octanol–water partition coefficient (Wildman–Crippen LogP) is -5.13. The summed E-state index contributed by atoms with van der Waals surface area (Å²) in [6.45, 7) is 4.03. The molecule has 2 rings (SSSR count). The number of halogens is 1. The van der Waals surface area contributed by atoms with E-state index in [0.29, 0.717) is 24.6 Å². The van der Waals surface area contributed by atoms with Crippen molar-refractivity contribution in [2.45, 2.75) is 45.1 Å². The van der Waals surface area contributed by atoms with Gasteiger partial charge in [-0.05, 0) is 6.92 Å². The SMILES string of the molecule is Cc1ncc(C[n+]2csc(CCO)c2C)c(N)n1.O=C[C@H](O)[C@@H](O)[C@@H](O)CO.[Cl-]. The van der Waals surface area contributed by atoms with Crippen LogP contribution >= 0.6 is 11.3 Å². The molecule has 0 aromatic carbocycles. The van der Waals surface area contributed by atoms with Crippen molar-refractivity contribution in [2.75, 3.05) is 18.9 Å². The molecule has 164 valence electrons. The molecule has 0 fully saturated rings. The zero-order valence-corrected chi connectivity index (χ0v) is 17.7. The zero-order valence-electron chi connectivity index (χ0n) is 16.1. The van der Waals surface area contributed by atoms with Crippen LogP contribution in [0.1, 0.15) is 22.0 Å². The molecule has 0 saturated carbocycles. The molecule has 10 nitrogen and oxygen atoms in total. The number of aliphatic hydroxyl groups excluding tert-OH is 5. The van der Waals surface area contributed by atoms with Gasteiger partial charge in [0.15, 0.2) is 18.5 Å². The van der Waals surface area contributed by atoms with Crippen molar-refractivity contribution in [3.8, 4) is 0 Å². The van der Waals surface area contributed by atoms with E-state index < -0.39 is 24.9 Å². The van der Waals surface area contributed by atoms with Crippen LogP contribution in [0.5, 0.6) is 0 Å². The van der Waals surface area contributed by atoms with Crippen molar-refractivity contribution in [1.82, 2.24) is 9.97 Å². The molecule has 2 aromatic heterocycles.